The third kappa shape index (κ3) is 4.82. The molecular weight excluding hydrogens is 414 g/mol. The molecule has 2 aromatic carbocycles. The van der Waals surface area contributed by atoms with Gasteiger partial charge in [-0.2, -0.15) is 4.31 Å². The predicted molar refractivity (Wildman–Crippen MR) is 118 cm³/mol. The van der Waals surface area contributed by atoms with Crippen LogP contribution in [0.3, 0.4) is 0 Å². The third-order valence-corrected chi connectivity index (χ3v) is 7.72. The fraction of sp³-hybridized carbons (Fsp3) is 0.435. The summed E-state index contributed by atoms with van der Waals surface area (Å²) in [4.78, 5) is 17.4. The molecule has 4 rings (SSSR count). The van der Waals surface area contributed by atoms with Crippen molar-refractivity contribution in [2.24, 2.45) is 0 Å². The molecule has 0 radical (unpaired) electrons. The Morgan fingerprint density at radius 1 is 0.968 bits per heavy atom. The normalized spacial score (nSPS) is 21.2. The summed E-state index contributed by atoms with van der Waals surface area (Å²) in [6.45, 7) is 5.75. The first-order chi connectivity index (χ1) is 15.0. The predicted octanol–water partition coefficient (Wildman–Crippen LogP) is 2.25. The van der Waals surface area contributed by atoms with Crippen LogP contribution in [0.2, 0.25) is 0 Å². The molecule has 0 bridgehead atoms. The van der Waals surface area contributed by atoms with Crippen molar-refractivity contribution < 1.29 is 17.9 Å². The Hall–Kier alpha value is -2.26. The molecule has 2 aliphatic heterocycles. The average molecular weight is 444 g/mol. The number of sulfonamides is 1. The summed E-state index contributed by atoms with van der Waals surface area (Å²) in [5.41, 5.74) is 1.80. The lowest BCUT2D eigenvalue weighted by Gasteiger charge is -2.44. The van der Waals surface area contributed by atoms with E-state index in [0.717, 1.165) is 11.1 Å². The van der Waals surface area contributed by atoms with Crippen LogP contribution in [0.4, 0.5) is 0 Å². The van der Waals surface area contributed by atoms with E-state index in [4.69, 9.17) is 4.74 Å². The van der Waals surface area contributed by atoms with E-state index in [-0.39, 0.29) is 17.3 Å². The van der Waals surface area contributed by atoms with Gasteiger partial charge in [0.15, 0.2) is 0 Å². The molecular formula is C23H29N3O4S. The zero-order chi connectivity index (χ0) is 21.8. The molecule has 2 fully saturated rings. The maximum atomic E-state index is 13.6. The zero-order valence-electron chi connectivity index (χ0n) is 17.8. The van der Waals surface area contributed by atoms with E-state index in [1.54, 1.807) is 29.2 Å². The van der Waals surface area contributed by atoms with Gasteiger partial charge in [-0.15, -0.1) is 0 Å². The summed E-state index contributed by atoms with van der Waals surface area (Å²) in [6.07, 6.45) is -0.0571. The fourth-order valence-corrected chi connectivity index (χ4v) is 5.79. The van der Waals surface area contributed by atoms with Gasteiger partial charge >= 0.3 is 0 Å². The van der Waals surface area contributed by atoms with Gasteiger partial charge in [0.05, 0.1) is 24.7 Å². The van der Waals surface area contributed by atoms with Crippen LogP contribution in [-0.2, 0) is 19.6 Å². The second-order valence-corrected chi connectivity index (χ2v) is 9.93. The Morgan fingerprint density at radius 2 is 1.65 bits per heavy atom. The highest BCUT2D eigenvalue weighted by atomic mass is 32.2. The lowest BCUT2D eigenvalue weighted by Crippen LogP contribution is -2.54. The van der Waals surface area contributed by atoms with Gasteiger partial charge in [-0.25, -0.2) is 8.42 Å². The molecule has 0 aliphatic carbocycles. The number of nitrogens with zero attached hydrogens (tertiary/aromatic N) is 3. The Morgan fingerprint density at radius 3 is 2.32 bits per heavy atom. The Kier molecular flexibility index (Phi) is 6.71. The number of ether oxygens (including phenoxy) is 1. The fourth-order valence-electron chi connectivity index (χ4n) is 4.17. The minimum absolute atomic E-state index is 0.0560. The standard InChI is InChI=1S/C23H29N3O4S/c1-19-8-10-21(11-9-19)31(28,29)26-13-5-12-25(23(26)20-6-3-2-4-7-20)22(27)18-24-14-16-30-17-15-24/h2-4,6-11,23H,5,12-18H2,1H3/t23-/m0/s1. The Bertz CT molecular complexity index is 989. The quantitative estimate of drug-likeness (QED) is 0.709. The number of hydrogen-bond donors (Lipinski definition) is 0. The second kappa shape index (κ2) is 9.48. The summed E-state index contributed by atoms with van der Waals surface area (Å²) >= 11 is 0. The number of carbonyl (C=O) groups excluding carboxylic acids is 1. The van der Waals surface area contributed by atoms with Crippen molar-refractivity contribution in [1.29, 1.82) is 0 Å². The van der Waals surface area contributed by atoms with Crippen molar-refractivity contribution in [2.45, 2.75) is 24.4 Å². The molecule has 2 saturated heterocycles. The largest absolute Gasteiger partial charge is 0.379 e. The van der Waals surface area contributed by atoms with Crippen molar-refractivity contribution >= 4 is 15.9 Å². The van der Waals surface area contributed by atoms with E-state index in [9.17, 15) is 13.2 Å². The Labute approximate surface area is 184 Å². The minimum atomic E-state index is -3.77. The Balaban J connectivity index is 1.67. The molecule has 31 heavy (non-hydrogen) atoms. The van der Waals surface area contributed by atoms with Crippen molar-refractivity contribution in [3.8, 4) is 0 Å². The minimum Gasteiger partial charge on any atom is -0.379 e. The lowest BCUT2D eigenvalue weighted by atomic mass is 10.1. The third-order valence-electron chi connectivity index (χ3n) is 5.85. The summed E-state index contributed by atoms with van der Waals surface area (Å²) in [6, 6.07) is 16.3. The van der Waals surface area contributed by atoms with Gasteiger partial charge in [-0.3, -0.25) is 9.69 Å². The SMILES string of the molecule is Cc1ccc(S(=O)(=O)N2CCCN(C(=O)CN3CCOCC3)[C@@H]2c2ccccc2)cc1. The monoisotopic (exact) mass is 443 g/mol. The van der Waals surface area contributed by atoms with Crippen molar-refractivity contribution in [1.82, 2.24) is 14.1 Å². The van der Waals surface area contributed by atoms with Crippen LogP contribution in [-0.4, -0.2) is 74.4 Å². The van der Waals surface area contributed by atoms with Crippen LogP contribution < -0.4 is 0 Å². The first-order valence-electron chi connectivity index (χ1n) is 10.7. The highest BCUT2D eigenvalue weighted by Gasteiger charge is 2.41. The van der Waals surface area contributed by atoms with Gasteiger partial charge < -0.3 is 9.64 Å². The number of carbonyl (C=O) groups is 1. The van der Waals surface area contributed by atoms with E-state index in [0.29, 0.717) is 45.8 Å². The highest BCUT2D eigenvalue weighted by molar-refractivity contribution is 7.89. The topological polar surface area (TPSA) is 70.2 Å². The first-order valence-corrected chi connectivity index (χ1v) is 12.1. The lowest BCUT2D eigenvalue weighted by molar-refractivity contribution is -0.140. The van der Waals surface area contributed by atoms with Crippen LogP contribution >= 0.6 is 0 Å². The molecule has 1 amide bonds. The van der Waals surface area contributed by atoms with Gasteiger partial charge in [0.1, 0.15) is 6.17 Å². The molecule has 0 unspecified atom stereocenters. The number of morpholine rings is 1. The average Bonchev–Trinajstić information content (AvgIpc) is 2.80. The molecule has 0 N–H and O–H groups in total. The summed E-state index contributed by atoms with van der Waals surface area (Å²) in [5, 5.41) is 0. The summed E-state index contributed by atoms with van der Waals surface area (Å²) in [7, 11) is -3.77. The van der Waals surface area contributed by atoms with E-state index >= 15 is 0 Å². The van der Waals surface area contributed by atoms with Crippen molar-refractivity contribution in [3.63, 3.8) is 0 Å². The van der Waals surface area contributed by atoms with Gasteiger partial charge in [-0.1, -0.05) is 48.0 Å². The van der Waals surface area contributed by atoms with Crippen LogP contribution in [0.15, 0.2) is 59.5 Å². The maximum Gasteiger partial charge on any atom is 0.245 e. The van der Waals surface area contributed by atoms with Crippen molar-refractivity contribution in [3.05, 3.63) is 65.7 Å². The summed E-state index contributed by atoms with van der Waals surface area (Å²) in [5.74, 6) is -0.0560. The molecule has 8 heteroatoms. The number of hydrogen-bond acceptors (Lipinski definition) is 5. The van der Waals surface area contributed by atoms with E-state index in [1.807, 2.05) is 37.3 Å². The molecule has 2 heterocycles. The van der Waals surface area contributed by atoms with Crippen LogP contribution in [0.25, 0.3) is 0 Å². The smallest absolute Gasteiger partial charge is 0.245 e. The number of amides is 1. The molecule has 1 atom stereocenters. The second-order valence-electron chi connectivity index (χ2n) is 8.04. The van der Waals surface area contributed by atoms with Gasteiger partial charge in [-0.05, 0) is 31.0 Å². The zero-order valence-corrected chi connectivity index (χ0v) is 18.6. The number of rotatable bonds is 5. The molecule has 0 saturated carbocycles. The van der Waals surface area contributed by atoms with Crippen LogP contribution in [0.1, 0.15) is 23.7 Å². The molecule has 7 nitrogen and oxygen atoms in total. The first kappa shape index (κ1) is 22.0. The van der Waals surface area contributed by atoms with Gasteiger partial charge in [0, 0.05) is 26.2 Å². The summed E-state index contributed by atoms with van der Waals surface area (Å²) < 4.78 is 34.1. The highest BCUT2D eigenvalue weighted by Crippen LogP contribution is 2.34. The maximum absolute atomic E-state index is 13.6. The molecule has 0 spiro atoms. The number of aryl methyl sites for hydroxylation is 1. The van der Waals surface area contributed by atoms with E-state index in [2.05, 4.69) is 4.90 Å². The van der Waals surface area contributed by atoms with Gasteiger partial charge in [0.25, 0.3) is 0 Å². The number of benzene rings is 2. The molecule has 166 valence electrons. The van der Waals surface area contributed by atoms with E-state index < -0.39 is 16.2 Å². The van der Waals surface area contributed by atoms with Crippen molar-refractivity contribution in [2.75, 3.05) is 45.9 Å². The van der Waals surface area contributed by atoms with Crippen LogP contribution in [0.5, 0.6) is 0 Å². The molecule has 2 aromatic rings. The van der Waals surface area contributed by atoms with Gasteiger partial charge in [0.2, 0.25) is 15.9 Å². The molecule has 0 aromatic heterocycles. The molecule has 2 aliphatic rings. The van der Waals surface area contributed by atoms with Crippen LogP contribution in [0, 0.1) is 6.92 Å². The van der Waals surface area contributed by atoms with E-state index in [1.165, 1.54) is 4.31 Å².